The van der Waals surface area contributed by atoms with Crippen molar-refractivity contribution in [2.24, 2.45) is 0 Å². The lowest BCUT2D eigenvalue weighted by Gasteiger charge is -2.05. The molecule has 0 aliphatic rings. The van der Waals surface area contributed by atoms with E-state index in [1.165, 1.54) is 0 Å². The van der Waals surface area contributed by atoms with E-state index in [-0.39, 0.29) is 5.56 Å². The van der Waals surface area contributed by atoms with Gasteiger partial charge in [0.1, 0.15) is 0 Å². The Bertz CT molecular complexity index is 516. The molecule has 0 unspecified atom stereocenters. The SMILES string of the molecule is COCCc1cccc2ccc(=O)[nH]c12. The quantitative estimate of drug-likeness (QED) is 0.825. The van der Waals surface area contributed by atoms with Crippen molar-refractivity contribution in [3.05, 3.63) is 46.2 Å². The van der Waals surface area contributed by atoms with Gasteiger partial charge in [0.25, 0.3) is 0 Å². The van der Waals surface area contributed by atoms with Gasteiger partial charge in [-0.3, -0.25) is 4.79 Å². The Balaban J connectivity index is 2.53. The topological polar surface area (TPSA) is 42.1 Å². The number of aromatic nitrogens is 1. The van der Waals surface area contributed by atoms with Crippen LogP contribution in [0.5, 0.6) is 0 Å². The van der Waals surface area contributed by atoms with E-state index in [1.54, 1.807) is 13.2 Å². The number of pyridine rings is 1. The summed E-state index contributed by atoms with van der Waals surface area (Å²) in [4.78, 5) is 14.1. The molecule has 1 aromatic carbocycles. The molecule has 15 heavy (non-hydrogen) atoms. The molecule has 0 radical (unpaired) electrons. The molecule has 0 amide bonds. The largest absolute Gasteiger partial charge is 0.384 e. The first-order valence-electron chi connectivity index (χ1n) is 4.91. The Morgan fingerprint density at radius 2 is 2.13 bits per heavy atom. The van der Waals surface area contributed by atoms with Crippen molar-refractivity contribution in [1.82, 2.24) is 4.98 Å². The molecule has 0 fully saturated rings. The Labute approximate surface area is 87.7 Å². The zero-order valence-corrected chi connectivity index (χ0v) is 8.62. The van der Waals surface area contributed by atoms with Gasteiger partial charge >= 0.3 is 0 Å². The molecule has 0 atom stereocenters. The molecule has 0 saturated carbocycles. The number of ether oxygens (including phenoxy) is 1. The van der Waals surface area contributed by atoms with Crippen molar-refractivity contribution in [3.8, 4) is 0 Å². The van der Waals surface area contributed by atoms with E-state index in [2.05, 4.69) is 4.98 Å². The highest BCUT2D eigenvalue weighted by molar-refractivity contribution is 5.81. The molecule has 0 bridgehead atoms. The molecule has 0 spiro atoms. The lowest BCUT2D eigenvalue weighted by Crippen LogP contribution is -2.05. The molecule has 1 N–H and O–H groups in total. The highest BCUT2D eigenvalue weighted by atomic mass is 16.5. The number of fused-ring (bicyclic) bond motifs is 1. The number of para-hydroxylation sites is 1. The predicted molar refractivity (Wildman–Crippen MR) is 60.1 cm³/mol. The number of aromatic amines is 1. The van der Waals surface area contributed by atoms with Crippen LogP contribution < -0.4 is 5.56 Å². The Morgan fingerprint density at radius 3 is 2.93 bits per heavy atom. The van der Waals surface area contributed by atoms with Gasteiger partial charge in [0.2, 0.25) is 5.56 Å². The third kappa shape index (κ3) is 2.07. The van der Waals surface area contributed by atoms with Crippen LogP contribution >= 0.6 is 0 Å². The number of H-pyrrole nitrogens is 1. The maximum absolute atomic E-state index is 11.2. The molecular weight excluding hydrogens is 190 g/mol. The van der Waals surface area contributed by atoms with Crippen molar-refractivity contribution in [2.75, 3.05) is 13.7 Å². The van der Waals surface area contributed by atoms with Crippen LogP contribution in [0, 0.1) is 0 Å². The van der Waals surface area contributed by atoms with Gasteiger partial charge in [0.05, 0.1) is 12.1 Å². The summed E-state index contributed by atoms with van der Waals surface area (Å²) < 4.78 is 5.03. The molecular formula is C12H13NO2. The summed E-state index contributed by atoms with van der Waals surface area (Å²) >= 11 is 0. The molecule has 0 aliphatic heterocycles. The average Bonchev–Trinajstić information content (AvgIpc) is 2.26. The molecule has 1 aromatic heterocycles. The fourth-order valence-corrected chi connectivity index (χ4v) is 1.66. The first kappa shape index (κ1) is 9.93. The number of nitrogens with one attached hydrogen (secondary N) is 1. The molecule has 78 valence electrons. The maximum Gasteiger partial charge on any atom is 0.248 e. The maximum atomic E-state index is 11.2. The molecule has 3 heteroatoms. The van der Waals surface area contributed by atoms with Crippen molar-refractivity contribution in [2.45, 2.75) is 6.42 Å². The van der Waals surface area contributed by atoms with Crippen molar-refractivity contribution < 1.29 is 4.74 Å². The molecule has 3 nitrogen and oxygen atoms in total. The zero-order chi connectivity index (χ0) is 10.7. The smallest absolute Gasteiger partial charge is 0.248 e. The average molecular weight is 203 g/mol. The van der Waals surface area contributed by atoms with E-state index >= 15 is 0 Å². The second kappa shape index (κ2) is 4.28. The van der Waals surface area contributed by atoms with Gasteiger partial charge in [-0.2, -0.15) is 0 Å². The third-order valence-corrected chi connectivity index (χ3v) is 2.42. The minimum atomic E-state index is -0.0626. The fraction of sp³-hybridized carbons (Fsp3) is 0.250. The summed E-state index contributed by atoms with van der Waals surface area (Å²) in [5, 5.41) is 1.06. The second-order valence-electron chi connectivity index (χ2n) is 3.45. The van der Waals surface area contributed by atoms with Crippen LogP contribution in [0.1, 0.15) is 5.56 Å². The van der Waals surface area contributed by atoms with Crippen LogP contribution in [0.15, 0.2) is 35.1 Å². The number of methoxy groups -OCH3 is 1. The third-order valence-electron chi connectivity index (χ3n) is 2.42. The molecule has 2 aromatic rings. The van der Waals surface area contributed by atoms with Crippen LogP contribution in [0.3, 0.4) is 0 Å². The van der Waals surface area contributed by atoms with Gasteiger partial charge in [0.15, 0.2) is 0 Å². The van der Waals surface area contributed by atoms with E-state index in [9.17, 15) is 4.79 Å². The number of hydrogen-bond acceptors (Lipinski definition) is 2. The highest BCUT2D eigenvalue weighted by Gasteiger charge is 2.00. The summed E-state index contributed by atoms with van der Waals surface area (Å²) in [6, 6.07) is 9.37. The number of benzene rings is 1. The monoisotopic (exact) mass is 203 g/mol. The van der Waals surface area contributed by atoms with Crippen molar-refractivity contribution >= 4 is 10.9 Å². The van der Waals surface area contributed by atoms with Gasteiger partial charge < -0.3 is 9.72 Å². The van der Waals surface area contributed by atoms with Gasteiger partial charge in [-0.05, 0) is 23.4 Å². The predicted octanol–water partition coefficient (Wildman–Crippen LogP) is 1.72. The van der Waals surface area contributed by atoms with Crippen LogP contribution in [0.25, 0.3) is 10.9 Å². The lowest BCUT2D eigenvalue weighted by atomic mass is 10.1. The molecule has 0 saturated heterocycles. The summed E-state index contributed by atoms with van der Waals surface area (Å²) in [6.45, 7) is 0.663. The molecule has 0 aliphatic carbocycles. The minimum Gasteiger partial charge on any atom is -0.384 e. The first-order valence-corrected chi connectivity index (χ1v) is 4.91. The second-order valence-corrected chi connectivity index (χ2v) is 3.45. The Morgan fingerprint density at radius 1 is 1.27 bits per heavy atom. The minimum absolute atomic E-state index is 0.0626. The Kier molecular flexibility index (Phi) is 2.83. The van der Waals surface area contributed by atoms with Gasteiger partial charge in [-0.1, -0.05) is 18.2 Å². The molecule has 2 rings (SSSR count). The first-order chi connectivity index (χ1) is 7.31. The van der Waals surface area contributed by atoms with Crippen LogP contribution in [0.2, 0.25) is 0 Å². The number of rotatable bonds is 3. The fourth-order valence-electron chi connectivity index (χ4n) is 1.66. The van der Waals surface area contributed by atoms with Gasteiger partial charge in [-0.25, -0.2) is 0 Å². The van der Waals surface area contributed by atoms with E-state index < -0.39 is 0 Å². The van der Waals surface area contributed by atoms with E-state index in [0.29, 0.717) is 6.61 Å². The summed E-state index contributed by atoms with van der Waals surface area (Å²) in [5.41, 5.74) is 1.97. The van der Waals surface area contributed by atoms with Gasteiger partial charge in [-0.15, -0.1) is 0 Å². The summed E-state index contributed by atoms with van der Waals surface area (Å²) in [7, 11) is 1.67. The van der Waals surface area contributed by atoms with E-state index in [1.807, 2.05) is 24.3 Å². The highest BCUT2D eigenvalue weighted by Crippen LogP contribution is 2.14. The van der Waals surface area contributed by atoms with E-state index in [0.717, 1.165) is 22.9 Å². The van der Waals surface area contributed by atoms with Crippen LogP contribution in [-0.2, 0) is 11.2 Å². The molecule has 1 heterocycles. The summed E-state index contributed by atoms with van der Waals surface area (Å²) in [5.74, 6) is 0. The Hall–Kier alpha value is -1.61. The lowest BCUT2D eigenvalue weighted by molar-refractivity contribution is 0.202. The zero-order valence-electron chi connectivity index (χ0n) is 8.62. The number of hydrogen-bond donors (Lipinski definition) is 1. The normalized spacial score (nSPS) is 10.7. The van der Waals surface area contributed by atoms with Crippen molar-refractivity contribution in [3.63, 3.8) is 0 Å². The van der Waals surface area contributed by atoms with Crippen LogP contribution in [-0.4, -0.2) is 18.7 Å². The van der Waals surface area contributed by atoms with Crippen molar-refractivity contribution in [1.29, 1.82) is 0 Å². The van der Waals surface area contributed by atoms with E-state index in [4.69, 9.17) is 4.74 Å². The van der Waals surface area contributed by atoms with Crippen LogP contribution in [0.4, 0.5) is 0 Å². The van der Waals surface area contributed by atoms with Gasteiger partial charge in [0, 0.05) is 13.2 Å². The standard InChI is InChI=1S/C12H13NO2/c1-15-8-7-10-4-2-3-9-5-6-11(14)13-12(9)10/h2-6H,7-8H2,1H3,(H,13,14). The summed E-state index contributed by atoms with van der Waals surface area (Å²) in [6.07, 6.45) is 0.813.